The maximum absolute atomic E-state index is 11.8. The average Bonchev–Trinajstić information content (AvgIpc) is 2.89. The van der Waals surface area contributed by atoms with Crippen molar-refractivity contribution >= 4 is 11.7 Å². The number of nitro groups is 1. The third-order valence-corrected chi connectivity index (χ3v) is 3.15. The lowest BCUT2D eigenvalue weighted by Crippen LogP contribution is -2.07. The molecule has 2 aromatic rings. The van der Waals surface area contributed by atoms with E-state index in [4.69, 9.17) is 9.47 Å². The minimum absolute atomic E-state index is 0.159. The van der Waals surface area contributed by atoms with Crippen LogP contribution in [-0.4, -0.2) is 33.6 Å². The molecule has 0 amide bonds. The van der Waals surface area contributed by atoms with Crippen molar-refractivity contribution in [2.75, 3.05) is 6.61 Å². The molecule has 8 heteroatoms. The SMILES string of the molecule is CCOC(=O)c1nc(-c2ccc(OC(C)C)c([N+](=O)[O-])c2)[nH]c1C. The van der Waals surface area contributed by atoms with Gasteiger partial charge in [-0.1, -0.05) is 0 Å². The van der Waals surface area contributed by atoms with Gasteiger partial charge in [0.05, 0.1) is 17.6 Å². The Hall–Kier alpha value is -2.90. The van der Waals surface area contributed by atoms with E-state index in [9.17, 15) is 14.9 Å². The number of aromatic nitrogens is 2. The van der Waals surface area contributed by atoms with Crippen LogP contribution in [0.3, 0.4) is 0 Å². The topological polar surface area (TPSA) is 107 Å². The lowest BCUT2D eigenvalue weighted by Gasteiger charge is -2.10. The van der Waals surface area contributed by atoms with Gasteiger partial charge in [0.2, 0.25) is 0 Å². The van der Waals surface area contributed by atoms with Crippen LogP contribution in [0.1, 0.15) is 37.0 Å². The summed E-state index contributed by atoms with van der Waals surface area (Å²) in [6.07, 6.45) is -0.184. The van der Waals surface area contributed by atoms with Gasteiger partial charge in [0.25, 0.3) is 0 Å². The number of carbonyl (C=O) groups is 1. The number of hydrogen-bond donors (Lipinski definition) is 1. The first kappa shape index (κ1) is 17.5. The summed E-state index contributed by atoms with van der Waals surface area (Å²) >= 11 is 0. The Morgan fingerprint density at radius 2 is 2.12 bits per heavy atom. The molecule has 0 aliphatic heterocycles. The second-order valence-electron chi connectivity index (χ2n) is 5.39. The van der Waals surface area contributed by atoms with E-state index in [1.165, 1.54) is 12.1 Å². The molecule has 0 saturated carbocycles. The van der Waals surface area contributed by atoms with E-state index in [1.54, 1.807) is 33.8 Å². The molecule has 24 heavy (non-hydrogen) atoms. The Labute approximate surface area is 139 Å². The molecule has 128 valence electrons. The predicted molar refractivity (Wildman–Crippen MR) is 87.1 cm³/mol. The minimum Gasteiger partial charge on any atom is -0.484 e. The number of H-pyrrole nitrogens is 1. The Kier molecular flexibility index (Phi) is 5.18. The van der Waals surface area contributed by atoms with Gasteiger partial charge >= 0.3 is 11.7 Å². The Morgan fingerprint density at radius 3 is 2.71 bits per heavy atom. The van der Waals surface area contributed by atoms with Gasteiger partial charge in [-0.15, -0.1) is 0 Å². The molecule has 0 aliphatic carbocycles. The van der Waals surface area contributed by atoms with E-state index >= 15 is 0 Å². The number of benzene rings is 1. The Bertz CT molecular complexity index is 767. The zero-order chi connectivity index (χ0) is 17.9. The van der Waals surface area contributed by atoms with Crippen LogP contribution < -0.4 is 4.74 Å². The number of nitro benzene ring substituents is 1. The third kappa shape index (κ3) is 3.70. The quantitative estimate of drug-likeness (QED) is 0.494. The standard InChI is InChI=1S/C16H19N3O5/c1-5-23-16(20)14-10(4)17-15(18-14)11-6-7-13(24-9(2)3)12(8-11)19(21)22/h6-9H,5H2,1-4H3,(H,17,18). The van der Waals surface area contributed by atoms with Crippen molar-refractivity contribution in [3.63, 3.8) is 0 Å². The molecule has 1 heterocycles. The number of imidazole rings is 1. The Balaban J connectivity index is 2.42. The highest BCUT2D eigenvalue weighted by atomic mass is 16.6. The van der Waals surface area contributed by atoms with E-state index in [0.29, 0.717) is 17.1 Å². The summed E-state index contributed by atoms with van der Waals surface area (Å²) in [5.74, 6) is 0.00848. The summed E-state index contributed by atoms with van der Waals surface area (Å²) in [5, 5.41) is 11.3. The van der Waals surface area contributed by atoms with Gasteiger partial charge in [-0.25, -0.2) is 9.78 Å². The molecule has 0 spiro atoms. The van der Waals surface area contributed by atoms with Crippen LogP contribution >= 0.6 is 0 Å². The van der Waals surface area contributed by atoms with Crippen molar-refractivity contribution < 1.29 is 19.2 Å². The molecule has 1 aromatic carbocycles. The second-order valence-corrected chi connectivity index (χ2v) is 5.39. The first-order valence-electron chi connectivity index (χ1n) is 7.52. The molecular weight excluding hydrogens is 314 g/mol. The van der Waals surface area contributed by atoms with Gasteiger partial charge in [0.1, 0.15) is 5.82 Å². The van der Waals surface area contributed by atoms with Gasteiger partial charge in [-0.3, -0.25) is 10.1 Å². The molecular formula is C16H19N3O5. The fourth-order valence-corrected chi connectivity index (χ4v) is 2.16. The van der Waals surface area contributed by atoms with Crippen molar-refractivity contribution in [3.05, 3.63) is 39.7 Å². The molecule has 0 saturated heterocycles. The number of aryl methyl sites for hydroxylation is 1. The van der Waals surface area contributed by atoms with Crippen LogP contribution in [0.4, 0.5) is 5.69 Å². The number of nitrogens with one attached hydrogen (secondary N) is 1. The van der Waals surface area contributed by atoms with Gasteiger partial charge in [0.15, 0.2) is 11.4 Å². The van der Waals surface area contributed by atoms with E-state index in [1.807, 2.05) is 0 Å². The molecule has 8 nitrogen and oxygen atoms in total. The molecule has 0 atom stereocenters. The summed E-state index contributed by atoms with van der Waals surface area (Å²) < 4.78 is 10.4. The highest BCUT2D eigenvalue weighted by Gasteiger charge is 2.21. The van der Waals surface area contributed by atoms with Crippen LogP contribution in [0.5, 0.6) is 5.75 Å². The number of esters is 1. The van der Waals surface area contributed by atoms with Crippen molar-refractivity contribution in [2.24, 2.45) is 0 Å². The first-order valence-corrected chi connectivity index (χ1v) is 7.52. The van der Waals surface area contributed by atoms with E-state index in [0.717, 1.165) is 0 Å². The van der Waals surface area contributed by atoms with Gasteiger partial charge in [0, 0.05) is 17.3 Å². The highest BCUT2D eigenvalue weighted by molar-refractivity contribution is 5.89. The molecule has 0 radical (unpaired) electrons. The molecule has 0 bridgehead atoms. The van der Waals surface area contributed by atoms with Crippen LogP contribution in [-0.2, 0) is 4.74 Å². The number of aromatic amines is 1. The first-order chi connectivity index (χ1) is 11.3. The highest BCUT2D eigenvalue weighted by Crippen LogP contribution is 2.32. The fourth-order valence-electron chi connectivity index (χ4n) is 2.16. The summed E-state index contributed by atoms with van der Waals surface area (Å²) in [6.45, 7) is 7.22. The maximum atomic E-state index is 11.8. The number of hydrogen-bond acceptors (Lipinski definition) is 6. The molecule has 0 aliphatic rings. The summed E-state index contributed by atoms with van der Waals surface area (Å²) in [6, 6.07) is 4.54. The minimum atomic E-state index is -0.535. The van der Waals surface area contributed by atoms with Crippen molar-refractivity contribution in [1.29, 1.82) is 0 Å². The molecule has 1 N–H and O–H groups in total. The molecule has 0 unspecified atom stereocenters. The average molecular weight is 333 g/mol. The lowest BCUT2D eigenvalue weighted by molar-refractivity contribution is -0.386. The number of nitrogens with zero attached hydrogens (tertiary/aromatic N) is 2. The number of carbonyl (C=O) groups excluding carboxylic acids is 1. The van der Waals surface area contributed by atoms with Crippen LogP contribution in [0.25, 0.3) is 11.4 Å². The van der Waals surface area contributed by atoms with Crippen LogP contribution in [0, 0.1) is 17.0 Å². The molecule has 1 aromatic heterocycles. The molecule has 0 fully saturated rings. The van der Waals surface area contributed by atoms with Gasteiger partial charge < -0.3 is 14.5 Å². The largest absolute Gasteiger partial charge is 0.484 e. The maximum Gasteiger partial charge on any atom is 0.358 e. The summed E-state index contributed by atoms with van der Waals surface area (Å²) in [7, 11) is 0. The van der Waals surface area contributed by atoms with E-state index in [-0.39, 0.29) is 29.8 Å². The smallest absolute Gasteiger partial charge is 0.358 e. The lowest BCUT2D eigenvalue weighted by atomic mass is 10.1. The van der Waals surface area contributed by atoms with Crippen molar-refractivity contribution in [3.8, 4) is 17.1 Å². The van der Waals surface area contributed by atoms with Gasteiger partial charge in [-0.2, -0.15) is 0 Å². The van der Waals surface area contributed by atoms with Gasteiger partial charge in [-0.05, 0) is 39.8 Å². The summed E-state index contributed by atoms with van der Waals surface area (Å²) in [5.41, 5.74) is 1.02. The number of rotatable bonds is 6. The summed E-state index contributed by atoms with van der Waals surface area (Å²) in [4.78, 5) is 29.7. The van der Waals surface area contributed by atoms with Crippen LogP contribution in [0.15, 0.2) is 18.2 Å². The Morgan fingerprint density at radius 1 is 1.42 bits per heavy atom. The zero-order valence-electron chi connectivity index (χ0n) is 14.0. The van der Waals surface area contributed by atoms with Crippen molar-refractivity contribution in [1.82, 2.24) is 9.97 Å². The van der Waals surface area contributed by atoms with E-state index in [2.05, 4.69) is 9.97 Å². The molecule has 2 rings (SSSR count). The van der Waals surface area contributed by atoms with Crippen molar-refractivity contribution in [2.45, 2.75) is 33.8 Å². The normalized spacial score (nSPS) is 10.7. The third-order valence-electron chi connectivity index (χ3n) is 3.15. The predicted octanol–water partition coefficient (Wildman–Crippen LogP) is 3.26. The van der Waals surface area contributed by atoms with Crippen LogP contribution in [0.2, 0.25) is 0 Å². The fraction of sp³-hybridized carbons (Fsp3) is 0.375. The monoisotopic (exact) mass is 333 g/mol. The van der Waals surface area contributed by atoms with E-state index < -0.39 is 10.9 Å². The zero-order valence-corrected chi connectivity index (χ0v) is 14.0. The number of ether oxygens (including phenoxy) is 2. The second kappa shape index (κ2) is 7.12.